The largest absolute Gasteiger partial charge is 0.469 e. The summed E-state index contributed by atoms with van der Waals surface area (Å²) in [6, 6.07) is 4.13. The molecule has 0 saturated carbocycles. The summed E-state index contributed by atoms with van der Waals surface area (Å²) in [5.41, 5.74) is 0. The molecular formula is C20H33N5O3. The third kappa shape index (κ3) is 6.53. The highest BCUT2D eigenvalue weighted by Crippen LogP contribution is 2.10. The van der Waals surface area contributed by atoms with Gasteiger partial charge in [-0.2, -0.15) is 0 Å². The number of carbonyl (C=O) groups is 1. The van der Waals surface area contributed by atoms with Crippen LogP contribution in [0.1, 0.15) is 25.5 Å². The lowest BCUT2D eigenvalue weighted by Gasteiger charge is -2.26. The minimum absolute atomic E-state index is 0.223. The lowest BCUT2D eigenvalue weighted by molar-refractivity contribution is -0.129. The summed E-state index contributed by atoms with van der Waals surface area (Å²) in [6.07, 6.45) is 4.02. The summed E-state index contributed by atoms with van der Waals surface area (Å²) in [5.74, 6) is 2.00. The van der Waals surface area contributed by atoms with E-state index >= 15 is 0 Å². The molecule has 0 bridgehead atoms. The third-order valence-electron chi connectivity index (χ3n) is 5.22. The number of hydrogen-bond donors (Lipinski definition) is 2. The van der Waals surface area contributed by atoms with Gasteiger partial charge >= 0.3 is 0 Å². The van der Waals surface area contributed by atoms with Crippen LogP contribution in [0.25, 0.3) is 0 Å². The van der Waals surface area contributed by atoms with Crippen molar-refractivity contribution in [3.8, 4) is 0 Å². The maximum absolute atomic E-state index is 11.9. The van der Waals surface area contributed by atoms with Crippen molar-refractivity contribution in [1.82, 2.24) is 20.4 Å². The molecule has 0 radical (unpaired) electrons. The predicted octanol–water partition coefficient (Wildman–Crippen LogP) is 0.700. The molecule has 1 aromatic rings. The molecule has 1 unspecified atom stereocenters. The molecule has 28 heavy (non-hydrogen) atoms. The average Bonchev–Trinajstić information content (AvgIpc) is 3.40. The first-order valence-corrected chi connectivity index (χ1v) is 10.4. The molecule has 3 rings (SSSR count). The van der Waals surface area contributed by atoms with E-state index in [4.69, 9.17) is 14.1 Å². The molecule has 2 N–H and O–H groups in total. The number of guanidine groups is 1. The predicted molar refractivity (Wildman–Crippen MR) is 108 cm³/mol. The van der Waals surface area contributed by atoms with Crippen molar-refractivity contribution < 1.29 is 13.9 Å². The molecule has 2 fully saturated rings. The van der Waals surface area contributed by atoms with Crippen LogP contribution < -0.4 is 10.6 Å². The maximum atomic E-state index is 11.9. The van der Waals surface area contributed by atoms with E-state index in [1.165, 1.54) is 0 Å². The summed E-state index contributed by atoms with van der Waals surface area (Å²) in [7, 11) is 0. The average molecular weight is 392 g/mol. The molecule has 0 aromatic carbocycles. The van der Waals surface area contributed by atoms with Crippen LogP contribution in [0.4, 0.5) is 0 Å². The fourth-order valence-electron chi connectivity index (χ4n) is 3.56. The second kappa shape index (κ2) is 11.1. The minimum atomic E-state index is 0.223. The lowest BCUT2D eigenvalue weighted by atomic mass is 10.3. The van der Waals surface area contributed by atoms with Gasteiger partial charge in [-0.1, -0.05) is 6.92 Å². The van der Waals surface area contributed by atoms with Crippen molar-refractivity contribution in [3.05, 3.63) is 24.2 Å². The van der Waals surface area contributed by atoms with Crippen molar-refractivity contribution in [2.75, 3.05) is 59.0 Å². The summed E-state index contributed by atoms with van der Waals surface area (Å²) in [4.78, 5) is 21.0. The first kappa shape index (κ1) is 20.7. The first-order valence-electron chi connectivity index (χ1n) is 10.4. The topological polar surface area (TPSA) is 82.3 Å². The molecule has 156 valence electrons. The molecule has 8 nitrogen and oxygen atoms in total. The number of ether oxygens (including phenoxy) is 1. The smallest absolute Gasteiger partial charge is 0.222 e. The van der Waals surface area contributed by atoms with E-state index in [2.05, 4.69) is 15.5 Å². The van der Waals surface area contributed by atoms with Gasteiger partial charge in [0.2, 0.25) is 5.91 Å². The van der Waals surface area contributed by atoms with Gasteiger partial charge in [-0.3, -0.25) is 14.7 Å². The Morgan fingerprint density at radius 3 is 2.93 bits per heavy atom. The van der Waals surface area contributed by atoms with Gasteiger partial charge in [-0.15, -0.1) is 0 Å². The Bertz CT molecular complexity index is 613. The monoisotopic (exact) mass is 391 g/mol. The van der Waals surface area contributed by atoms with Crippen molar-refractivity contribution in [3.63, 3.8) is 0 Å². The van der Waals surface area contributed by atoms with Gasteiger partial charge in [0.1, 0.15) is 5.76 Å². The summed E-state index contributed by atoms with van der Waals surface area (Å²) >= 11 is 0. The zero-order chi connectivity index (χ0) is 19.6. The van der Waals surface area contributed by atoms with E-state index in [0.29, 0.717) is 6.42 Å². The van der Waals surface area contributed by atoms with Gasteiger partial charge in [-0.25, -0.2) is 0 Å². The zero-order valence-corrected chi connectivity index (χ0v) is 16.9. The quantitative estimate of drug-likeness (QED) is 0.502. The van der Waals surface area contributed by atoms with Gasteiger partial charge in [0.15, 0.2) is 5.96 Å². The Kier molecular flexibility index (Phi) is 8.17. The Morgan fingerprint density at radius 1 is 1.32 bits per heavy atom. The zero-order valence-electron chi connectivity index (χ0n) is 16.9. The van der Waals surface area contributed by atoms with Crippen molar-refractivity contribution in [2.24, 2.45) is 4.99 Å². The number of furan rings is 1. The van der Waals surface area contributed by atoms with E-state index < -0.39 is 0 Å². The SMILES string of the molecule is CCC(=O)N1CCC(NC(=NCCN2CCOCC2)NCCc2ccco2)C1. The van der Waals surface area contributed by atoms with Gasteiger partial charge in [0.05, 0.1) is 26.0 Å². The molecule has 0 aliphatic carbocycles. The number of nitrogens with one attached hydrogen (secondary N) is 2. The molecule has 2 aliphatic rings. The molecule has 3 heterocycles. The Morgan fingerprint density at radius 2 is 2.18 bits per heavy atom. The van der Waals surface area contributed by atoms with E-state index in [1.807, 2.05) is 24.0 Å². The second-order valence-electron chi connectivity index (χ2n) is 7.26. The number of hydrogen-bond acceptors (Lipinski definition) is 5. The normalized spacial score (nSPS) is 21.1. The highest BCUT2D eigenvalue weighted by atomic mass is 16.5. The van der Waals surface area contributed by atoms with Crippen LogP contribution in [-0.2, 0) is 16.0 Å². The van der Waals surface area contributed by atoms with Gasteiger partial charge in [0, 0.05) is 58.2 Å². The van der Waals surface area contributed by atoms with E-state index in [0.717, 1.165) is 83.6 Å². The van der Waals surface area contributed by atoms with Crippen LogP contribution >= 0.6 is 0 Å². The molecule has 2 saturated heterocycles. The third-order valence-corrected chi connectivity index (χ3v) is 5.22. The highest BCUT2D eigenvalue weighted by Gasteiger charge is 2.25. The number of nitrogens with zero attached hydrogens (tertiary/aromatic N) is 3. The number of likely N-dealkylation sites (tertiary alicyclic amines) is 1. The summed E-state index contributed by atoms with van der Waals surface area (Å²) < 4.78 is 10.8. The van der Waals surface area contributed by atoms with Gasteiger partial charge in [-0.05, 0) is 18.6 Å². The van der Waals surface area contributed by atoms with Gasteiger partial charge < -0.3 is 24.7 Å². The van der Waals surface area contributed by atoms with E-state index in [1.54, 1.807) is 6.26 Å². The number of rotatable bonds is 8. The number of morpholine rings is 1. The lowest BCUT2D eigenvalue weighted by Crippen LogP contribution is -2.46. The number of amides is 1. The van der Waals surface area contributed by atoms with Crippen LogP contribution in [0.15, 0.2) is 27.8 Å². The van der Waals surface area contributed by atoms with Crippen LogP contribution in [-0.4, -0.2) is 86.7 Å². The van der Waals surface area contributed by atoms with Crippen LogP contribution in [0.5, 0.6) is 0 Å². The Labute approximate surface area is 167 Å². The maximum Gasteiger partial charge on any atom is 0.222 e. The molecule has 1 amide bonds. The highest BCUT2D eigenvalue weighted by molar-refractivity contribution is 5.80. The molecule has 8 heteroatoms. The summed E-state index contributed by atoms with van der Waals surface area (Å²) in [5, 5.41) is 6.93. The van der Waals surface area contributed by atoms with Gasteiger partial charge in [0.25, 0.3) is 0 Å². The van der Waals surface area contributed by atoms with E-state index in [9.17, 15) is 4.79 Å². The molecule has 0 spiro atoms. The Balaban J connectivity index is 1.49. The fourth-order valence-corrected chi connectivity index (χ4v) is 3.56. The van der Waals surface area contributed by atoms with Crippen LogP contribution in [0.3, 0.4) is 0 Å². The number of aliphatic imine (C=N–C) groups is 1. The van der Waals surface area contributed by atoms with Crippen molar-refractivity contribution >= 4 is 11.9 Å². The fraction of sp³-hybridized carbons (Fsp3) is 0.700. The standard InChI is InChI=1S/C20H33N5O3/c1-2-19(26)25-9-6-17(16-25)23-20(21-7-5-18-4-3-13-28-18)22-8-10-24-11-14-27-15-12-24/h3-4,13,17H,2,5-12,14-16H2,1H3,(H2,21,22,23). The van der Waals surface area contributed by atoms with Crippen LogP contribution in [0.2, 0.25) is 0 Å². The number of carbonyl (C=O) groups excluding carboxylic acids is 1. The van der Waals surface area contributed by atoms with E-state index in [-0.39, 0.29) is 11.9 Å². The molecular weight excluding hydrogens is 358 g/mol. The Hall–Kier alpha value is -2.06. The molecule has 2 aliphatic heterocycles. The molecule has 1 aromatic heterocycles. The van der Waals surface area contributed by atoms with Crippen LogP contribution in [0, 0.1) is 0 Å². The first-order chi connectivity index (χ1) is 13.7. The van der Waals surface area contributed by atoms with Crippen molar-refractivity contribution in [2.45, 2.75) is 32.2 Å². The minimum Gasteiger partial charge on any atom is -0.469 e. The summed E-state index contributed by atoms with van der Waals surface area (Å²) in [6.45, 7) is 9.45. The van der Waals surface area contributed by atoms with Crippen molar-refractivity contribution in [1.29, 1.82) is 0 Å². The second-order valence-corrected chi connectivity index (χ2v) is 7.26. The molecule has 1 atom stereocenters.